The summed E-state index contributed by atoms with van der Waals surface area (Å²) in [5.74, 6) is -5.55. The molecule has 374 valence electrons. The number of urea groups is 1. The molecule has 25 heteroatoms. The molecule has 2 aromatic carbocycles. The van der Waals surface area contributed by atoms with Gasteiger partial charge in [0.2, 0.25) is 29.5 Å². The average Bonchev–Trinajstić information content (AvgIpc) is 4.09. The van der Waals surface area contributed by atoms with Gasteiger partial charge in [0, 0.05) is 61.2 Å². The lowest BCUT2D eigenvalue weighted by Gasteiger charge is -2.23. The number of likely N-dealkylation sites (tertiary alicyclic amines) is 1. The molecule has 6 atom stereocenters. The Morgan fingerprint density at radius 1 is 0.800 bits per heavy atom. The molecule has 70 heavy (non-hydrogen) atoms. The number of hydroxylamine groups is 2. The Balaban J connectivity index is 1.07. The molecule has 4 fully saturated rings. The highest BCUT2D eigenvalue weighted by molar-refractivity contribution is 8.00. The zero-order valence-electron chi connectivity index (χ0n) is 38.1. The van der Waals surface area contributed by atoms with E-state index in [9.17, 15) is 57.5 Å². The SMILES string of the molecule is COc1ccc(C(NC(=O)CNC(=O)C(CC(=O)CN2C(=O)CCC2=O)NC(=O)CCC[C@@H]2SCC3NC(=O)NC32)c2ccc(OCC(=O)NC(C=O)CC(=O)ON3C(=O)CCC3=O)cc2)c(OC)c1. The third kappa shape index (κ3) is 13.8. The molecule has 4 saturated heterocycles. The molecule has 2 aromatic rings. The lowest BCUT2D eigenvalue weighted by Crippen LogP contribution is -2.51. The second-order valence-corrected chi connectivity index (χ2v) is 17.8. The van der Waals surface area contributed by atoms with Crippen LogP contribution in [0.3, 0.4) is 0 Å². The van der Waals surface area contributed by atoms with E-state index in [1.54, 1.807) is 42.1 Å². The quantitative estimate of drug-likeness (QED) is 0.0395. The largest absolute Gasteiger partial charge is 0.497 e. The van der Waals surface area contributed by atoms with Crippen molar-refractivity contribution in [3.05, 3.63) is 53.6 Å². The summed E-state index contributed by atoms with van der Waals surface area (Å²) in [4.78, 5) is 156. The molecule has 24 nitrogen and oxygen atoms in total. The van der Waals surface area contributed by atoms with Gasteiger partial charge in [0.15, 0.2) is 12.4 Å². The van der Waals surface area contributed by atoms with E-state index in [1.165, 1.54) is 26.4 Å². The summed E-state index contributed by atoms with van der Waals surface area (Å²) >= 11 is 1.67. The minimum atomic E-state index is -1.48. The van der Waals surface area contributed by atoms with Crippen LogP contribution in [0.1, 0.15) is 75.0 Å². The topological polar surface area (TPSA) is 320 Å². The second-order valence-electron chi connectivity index (χ2n) is 16.5. The molecule has 6 N–H and O–H groups in total. The van der Waals surface area contributed by atoms with Crippen LogP contribution in [0, 0.1) is 0 Å². The maximum absolute atomic E-state index is 13.7. The van der Waals surface area contributed by atoms with Crippen LogP contribution in [0.15, 0.2) is 42.5 Å². The van der Waals surface area contributed by atoms with Crippen LogP contribution < -0.4 is 46.1 Å². The van der Waals surface area contributed by atoms with E-state index in [0.29, 0.717) is 40.5 Å². The van der Waals surface area contributed by atoms with Crippen molar-refractivity contribution in [3.8, 4) is 17.2 Å². The van der Waals surface area contributed by atoms with Gasteiger partial charge in [0.1, 0.15) is 29.6 Å². The van der Waals surface area contributed by atoms with Gasteiger partial charge in [0.25, 0.3) is 17.7 Å². The smallest absolute Gasteiger partial charge is 0.335 e. The number of nitrogens with zero attached hydrogens (tertiary/aromatic N) is 2. The molecule has 10 amide bonds. The van der Waals surface area contributed by atoms with Gasteiger partial charge in [-0.25, -0.2) is 9.59 Å². The Labute approximate surface area is 404 Å². The minimum absolute atomic E-state index is 0.00478. The molecule has 6 rings (SSSR count). The van der Waals surface area contributed by atoms with Crippen molar-refractivity contribution in [2.24, 2.45) is 0 Å². The summed E-state index contributed by atoms with van der Waals surface area (Å²) in [5.41, 5.74) is 0.919. The molecule has 4 heterocycles. The number of ketones is 1. The number of hydrogen-bond donors (Lipinski definition) is 6. The normalized spacial score (nSPS) is 19.5. The van der Waals surface area contributed by atoms with E-state index < -0.39 is 110 Å². The second kappa shape index (κ2) is 24.1. The first kappa shape index (κ1) is 51.8. The van der Waals surface area contributed by atoms with Crippen LogP contribution >= 0.6 is 11.8 Å². The Kier molecular flexibility index (Phi) is 17.9. The van der Waals surface area contributed by atoms with Crippen molar-refractivity contribution < 1.29 is 76.6 Å². The maximum atomic E-state index is 13.7. The molecule has 0 saturated carbocycles. The summed E-state index contributed by atoms with van der Waals surface area (Å²) < 4.78 is 16.5. The van der Waals surface area contributed by atoms with E-state index in [2.05, 4.69) is 31.9 Å². The predicted octanol–water partition coefficient (Wildman–Crippen LogP) is -0.986. The molecule has 4 aliphatic heterocycles. The summed E-state index contributed by atoms with van der Waals surface area (Å²) in [6.07, 6.45) is -0.351. The fourth-order valence-electron chi connectivity index (χ4n) is 8.01. The Hall–Kier alpha value is -7.57. The molecular formula is C45H52N8O16S. The van der Waals surface area contributed by atoms with Gasteiger partial charge in [0.05, 0.1) is 57.9 Å². The molecule has 0 bridgehead atoms. The van der Waals surface area contributed by atoms with Gasteiger partial charge in [-0.05, 0) is 42.7 Å². The monoisotopic (exact) mass is 992 g/mol. The molecule has 0 spiro atoms. The molecule has 0 aliphatic carbocycles. The number of ether oxygens (including phenoxy) is 3. The van der Waals surface area contributed by atoms with Gasteiger partial charge >= 0.3 is 12.0 Å². The number of hydrogen-bond acceptors (Lipinski definition) is 17. The molecule has 5 unspecified atom stereocenters. The highest BCUT2D eigenvalue weighted by atomic mass is 32.2. The lowest BCUT2D eigenvalue weighted by atomic mass is 9.97. The lowest BCUT2D eigenvalue weighted by molar-refractivity contribution is -0.197. The Morgan fingerprint density at radius 2 is 1.49 bits per heavy atom. The summed E-state index contributed by atoms with van der Waals surface area (Å²) in [6, 6.07) is 6.87. The number of imide groups is 2. The fourth-order valence-corrected chi connectivity index (χ4v) is 9.56. The zero-order chi connectivity index (χ0) is 50.5. The number of nitrogens with one attached hydrogen (secondary N) is 6. The molecule has 0 aromatic heterocycles. The van der Waals surface area contributed by atoms with Crippen LogP contribution in [-0.4, -0.2) is 150 Å². The number of methoxy groups -OCH3 is 2. The first-order chi connectivity index (χ1) is 33.5. The predicted molar refractivity (Wildman–Crippen MR) is 241 cm³/mol. The van der Waals surface area contributed by atoms with E-state index >= 15 is 0 Å². The van der Waals surface area contributed by atoms with Crippen molar-refractivity contribution in [1.82, 2.24) is 41.9 Å². The number of amides is 10. The van der Waals surface area contributed by atoms with E-state index in [0.717, 1.165) is 10.7 Å². The van der Waals surface area contributed by atoms with E-state index in [4.69, 9.17) is 19.0 Å². The van der Waals surface area contributed by atoms with Gasteiger partial charge in [-0.15, -0.1) is 5.06 Å². The maximum Gasteiger partial charge on any atom is 0.335 e. The third-order valence-corrected chi connectivity index (χ3v) is 13.1. The summed E-state index contributed by atoms with van der Waals surface area (Å²) in [7, 11) is 2.87. The number of carbonyl (C=O) groups is 12. The highest BCUT2D eigenvalue weighted by Crippen LogP contribution is 2.35. The number of thioether (sulfide) groups is 1. The van der Waals surface area contributed by atoms with Gasteiger partial charge < -0.3 is 55.7 Å². The summed E-state index contributed by atoms with van der Waals surface area (Å²) in [6.45, 7) is -1.83. The number of aldehydes is 1. The van der Waals surface area contributed by atoms with Gasteiger partial charge in [-0.2, -0.15) is 11.8 Å². The number of carbonyl (C=O) groups excluding carboxylic acids is 12. The van der Waals surface area contributed by atoms with Crippen molar-refractivity contribution in [1.29, 1.82) is 0 Å². The van der Waals surface area contributed by atoms with Crippen LogP contribution in [-0.2, 0) is 57.6 Å². The van der Waals surface area contributed by atoms with E-state index in [-0.39, 0.29) is 67.5 Å². The average molecular weight is 993 g/mol. The van der Waals surface area contributed by atoms with Crippen LogP contribution in [0.5, 0.6) is 17.2 Å². The summed E-state index contributed by atoms with van der Waals surface area (Å²) in [5, 5.41) is 16.3. The van der Waals surface area contributed by atoms with Crippen molar-refractivity contribution >= 4 is 83.1 Å². The van der Waals surface area contributed by atoms with Crippen LogP contribution in [0.2, 0.25) is 0 Å². The van der Waals surface area contributed by atoms with Crippen LogP contribution in [0.4, 0.5) is 4.79 Å². The van der Waals surface area contributed by atoms with Gasteiger partial charge in [-0.3, -0.25) is 48.1 Å². The van der Waals surface area contributed by atoms with Gasteiger partial charge in [-0.1, -0.05) is 12.1 Å². The third-order valence-electron chi connectivity index (χ3n) is 11.6. The Bertz CT molecular complexity index is 2370. The van der Waals surface area contributed by atoms with Crippen molar-refractivity contribution in [2.45, 2.75) is 93.2 Å². The number of benzene rings is 2. The Morgan fingerprint density at radius 3 is 2.16 bits per heavy atom. The van der Waals surface area contributed by atoms with Crippen molar-refractivity contribution in [2.75, 3.05) is 39.7 Å². The zero-order valence-corrected chi connectivity index (χ0v) is 38.9. The first-order valence-electron chi connectivity index (χ1n) is 22.2. The highest BCUT2D eigenvalue weighted by Gasteiger charge is 2.43. The fraction of sp³-hybridized carbons (Fsp3) is 0.467. The first-order valence-corrected chi connectivity index (χ1v) is 23.3. The number of Topliss-reactive ketones (excluding diaryl/α,β-unsaturated/α-hetero) is 1. The number of fused-ring (bicyclic) bond motifs is 1. The molecule has 0 radical (unpaired) electrons. The van der Waals surface area contributed by atoms with Crippen molar-refractivity contribution in [3.63, 3.8) is 0 Å². The molecular weight excluding hydrogens is 941 g/mol. The van der Waals surface area contributed by atoms with E-state index in [1.807, 2.05) is 0 Å². The molecule has 4 aliphatic rings. The number of rotatable bonds is 25. The van der Waals surface area contributed by atoms with Crippen LogP contribution in [0.25, 0.3) is 0 Å². The standard InChI is InChI=1S/C45H52N8O16S/c1-66-28-10-11-29(32(18-28)67-2)42(24-6-8-27(9-7-24)68-22-36(58)47-25(21-54)16-41(63)69-53-39(61)14-15-40(53)62)50-35(57)19-46-44(64)30(17-26(55)20-52-37(59)12-13-38(52)60)48-34(56)5-3-4-33-43-31(23-70-33)49-45(65)51-43/h6-11,18,21,25,30-31,33,42-43H,3-5,12-17,19-20,22-23H2,1-2H3,(H,46,64)(H,47,58)(H,48,56)(H,50,57)(H2,49,51,65)/t25?,30?,31?,33-,42?,43?/m0/s1. The minimum Gasteiger partial charge on any atom is -0.497 e.